The molecule has 0 saturated carbocycles. The van der Waals surface area contributed by atoms with Gasteiger partial charge in [-0.25, -0.2) is 4.39 Å². The van der Waals surface area contributed by atoms with Crippen molar-refractivity contribution >= 4 is 0 Å². The van der Waals surface area contributed by atoms with Crippen molar-refractivity contribution in [3.05, 3.63) is 82.9 Å². The molecule has 0 unspecified atom stereocenters. The quantitative estimate of drug-likeness (QED) is 0.375. The van der Waals surface area contributed by atoms with Gasteiger partial charge in [-0.05, 0) is 30.2 Å². The summed E-state index contributed by atoms with van der Waals surface area (Å²) in [5, 5.41) is 9.53. The van der Waals surface area contributed by atoms with Gasteiger partial charge in [0.25, 0.3) is 5.60 Å². The van der Waals surface area contributed by atoms with Gasteiger partial charge in [-0.3, -0.25) is 9.88 Å². The van der Waals surface area contributed by atoms with Crippen molar-refractivity contribution in [3.63, 3.8) is 0 Å². The monoisotopic (exact) mass is 554 g/mol. The lowest BCUT2D eigenvalue weighted by atomic mass is 9.87. The van der Waals surface area contributed by atoms with Crippen molar-refractivity contribution in [2.24, 2.45) is 0 Å². The molecule has 3 heterocycles. The number of fused-ring (bicyclic) bond motifs is 1. The highest BCUT2D eigenvalue weighted by molar-refractivity contribution is 5.65. The number of rotatable bonds is 4. The zero-order valence-electron chi connectivity index (χ0n) is 20.8. The number of benzene rings is 2. The molecule has 3 aromatic rings. The van der Waals surface area contributed by atoms with Crippen molar-refractivity contribution in [1.29, 1.82) is 0 Å². The molecular formula is C28H25F7N2O2. The largest absolute Gasteiger partial charge is 0.485 e. The second-order valence-corrected chi connectivity index (χ2v) is 10.3. The highest BCUT2D eigenvalue weighted by Crippen LogP contribution is 2.50. The van der Waals surface area contributed by atoms with E-state index in [1.54, 1.807) is 30.5 Å². The third-order valence-electron chi connectivity index (χ3n) is 7.57. The summed E-state index contributed by atoms with van der Waals surface area (Å²) in [5.74, 6) is -0.470. The lowest BCUT2D eigenvalue weighted by molar-refractivity contribution is -0.376. The Balaban J connectivity index is 1.25. The summed E-state index contributed by atoms with van der Waals surface area (Å²) in [6.07, 6.45) is -7.85. The third-order valence-corrected chi connectivity index (χ3v) is 7.57. The van der Waals surface area contributed by atoms with Crippen LogP contribution in [0.3, 0.4) is 0 Å². The molecule has 1 spiro atoms. The van der Waals surface area contributed by atoms with Crippen LogP contribution in [-0.2, 0) is 18.6 Å². The minimum Gasteiger partial charge on any atom is -0.485 e. The van der Waals surface area contributed by atoms with Gasteiger partial charge in [-0.1, -0.05) is 36.4 Å². The topological polar surface area (TPSA) is 45.6 Å². The molecule has 11 heteroatoms. The fourth-order valence-corrected chi connectivity index (χ4v) is 5.36. The first-order valence-corrected chi connectivity index (χ1v) is 12.3. The lowest BCUT2D eigenvalue weighted by Crippen LogP contribution is -2.53. The Morgan fingerprint density at radius 1 is 0.949 bits per heavy atom. The molecule has 0 bridgehead atoms. The third kappa shape index (κ3) is 4.98. The van der Waals surface area contributed by atoms with Gasteiger partial charge in [-0.15, -0.1) is 0 Å². The average Bonchev–Trinajstić information content (AvgIpc) is 3.21. The highest BCUT2D eigenvalue weighted by Gasteiger charge is 2.71. The molecule has 1 aromatic heterocycles. The van der Waals surface area contributed by atoms with Gasteiger partial charge in [0, 0.05) is 61.3 Å². The van der Waals surface area contributed by atoms with Gasteiger partial charge in [-0.2, -0.15) is 26.3 Å². The molecule has 0 radical (unpaired) electrons. The van der Waals surface area contributed by atoms with Crippen LogP contribution < -0.4 is 4.74 Å². The maximum absolute atomic E-state index is 14.7. The summed E-state index contributed by atoms with van der Waals surface area (Å²) >= 11 is 0. The van der Waals surface area contributed by atoms with Crippen LogP contribution in [0, 0.1) is 12.7 Å². The summed E-state index contributed by atoms with van der Waals surface area (Å²) in [4.78, 5) is 6.57. The van der Waals surface area contributed by atoms with Crippen molar-refractivity contribution in [3.8, 4) is 16.9 Å². The molecule has 2 aliphatic heterocycles. The number of alkyl halides is 6. The van der Waals surface area contributed by atoms with E-state index < -0.39 is 29.3 Å². The molecule has 4 nitrogen and oxygen atoms in total. The van der Waals surface area contributed by atoms with Crippen LogP contribution in [0.1, 0.15) is 35.2 Å². The fraction of sp³-hybridized carbons (Fsp3) is 0.393. The van der Waals surface area contributed by atoms with E-state index in [0.29, 0.717) is 12.6 Å². The van der Waals surface area contributed by atoms with E-state index in [1.165, 1.54) is 5.56 Å². The zero-order chi connectivity index (χ0) is 28.2. The van der Waals surface area contributed by atoms with E-state index in [9.17, 15) is 35.8 Å². The van der Waals surface area contributed by atoms with E-state index in [0.717, 1.165) is 55.4 Å². The maximum atomic E-state index is 14.7. The number of aryl methyl sites for hydroxylation is 1. The molecule has 1 N–H and O–H groups in total. The van der Waals surface area contributed by atoms with Crippen LogP contribution in [0.5, 0.6) is 5.75 Å². The summed E-state index contributed by atoms with van der Waals surface area (Å²) in [7, 11) is 0. The number of pyridine rings is 1. The summed E-state index contributed by atoms with van der Waals surface area (Å²) in [6.45, 7) is 4.18. The number of aliphatic hydroxyl groups is 1. The predicted molar refractivity (Wildman–Crippen MR) is 128 cm³/mol. The number of aromatic nitrogens is 1. The second-order valence-electron chi connectivity index (χ2n) is 10.3. The number of hydrogen-bond donors (Lipinski definition) is 1. The van der Waals surface area contributed by atoms with Gasteiger partial charge < -0.3 is 9.84 Å². The van der Waals surface area contributed by atoms with Crippen LogP contribution >= 0.6 is 0 Å². The van der Waals surface area contributed by atoms with Crippen LogP contribution in [0.2, 0.25) is 0 Å². The Kier molecular flexibility index (Phi) is 6.66. The number of likely N-dealkylation sites (tertiary alicyclic amines) is 1. The van der Waals surface area contributed by atoms with Crippen molar-refractivity contribution < 1.29 is 40.6 Å². The number of piperidine rings is 1. The molecule has 1 fully saturated rings. The summed E-state index contributed by atoms with van der Waals surface area (Å²) in [6, 6.07) is 9.99. The van der Waals surface area contributed by atoms with Crippen LogP contribution in [0.25, 0.3) is 11.1 Å². The minimum absolute atomic E-state index is 0.0779. The van der Waals surface area contributed by atoms with Gasteiger partial charge in [0.05, 0.1) is 6.20 Å². The maximum Gasteiger partial charge on any atom is 0.430 e. The van der Waals surface area contributed by atoms with Gasteiger partial charge >= 0.3 is 12.4 Å². The predicted octanol–water partition coefficient (Wildman–Crippen LogP) is 6.48. The van der Waals surface area contributed by atoms with Crippen LogP contribution in [0.15, 0.2) is 54.7 Å². The zero-order valence-corrected chi connectivity index (χ0v) is 20.8. The van der Waals surface area contributed by atoms with Crippen molar-refractivity contribution in [2.75, 3.05) is 13.1 Å². The van der Waals surface area contributed by atoms with Crippen LogP contribution in [0.4, 0.5) is 30.7 Å². The van der Waals surface area contributed by atoms with Crippen molar-refractivity contribution in [2.45, 2.75) is 56.3 Å². The number of hydrogen-bond acceptors (Lipinski definition) is 4. The first kappa shape index (κ1) is 27.4. The SMILES string of the molecule is Cc1cc2c(cn1)OC1(CCN(Cc3ccc(-c4ccc(C(O)(C(F)(F)F)C(F)(F)F)cc4F)cc3)CC1)C2. The standard InChI is InChI=1S/C28H25F7N2O2/c1-17-12-20-14-25(39-24(20)15-36-17)8-10-37(11-9-25)16-18-2-4-19(5-3-18)22-7-6-21(13-23(22)29)26(38,27(30,31)32)28(33,34)35/h2-7,12-13,15,38H,8-11,14,16H2,1H3. The molecule has 1 saturated heterocycles. The molecular weight excluding hydrogens is 529 g/mol. The second kappa shape index (κ2) is 9.48. The number of ether oxygens (including phenoxy) is 1. The minimum atomic E-state index is -6.08. The fourth-order valence-electron chi connectivity index (χ4n) is 5.36. The molecule has 2 aromatic carbocycles. The Morgan fingerprint density at radius 3 is 2.18 bits per heavy atom. The molecule has 208 valence electrons. The number of halogens is 7. The molecule has 2 aliphatic rings. The Morgan fingerprint density at radius 2 is 1.59 bits per heavy atom. The van der Waals surface area contributed by atoms with Gasteiger partial charge in [0.2, 0.25) is 0 Å². The van der Waals surface area contributed by atoms with Crippen LogP contribution in [-0.4, -0.2) is 46.0 Å². The lowest BCUT2D eigenvalue weighted by Gasteiger charge is -2.38. The van der Waals surface area contributed by atoms with Gasteiger partial charge in [0.1, 0.15) is 17.2 Å². The first-order valence-electron chi connectivity index (χ1n) is 12.3. The van der Waals surface area contributed by atoms with E-state index in [4.69, 9.17) is 4.74 Å². The van der Waals surface area contributed by atoms with E-state index in [-0.39, 0.29) is 22.8 Å². The van der Waals surface area contributed by atoms with Crippen molar-refractivity contribution in [1.82, 2.24) is 9.88 Å². The smallest absolute Gasteiger partial charge is 0.430 e. The Labute approximate surface area is 220 Å². The number of nitrogens with zero attached hydrogens (tertiary/aromatic N) is 2. The molecule has 39 heavy (non-hydrogen) atoms. The summed E-state index contributed by atoms with van der Waals surface area (Å²) in [5.41, 5.74) is -3.90. The highest BCUT2D eigenvalue weighted by atomic mass is 19.4. The normalized spacial score (nSPS) is 17.8. The van der Waals surface area contributed by atoms with E-state index in [2.05, 4.69) is 16.0 Å². The first-order chi connectivity index (χ1) is 18.2. The Hall–Kier alpha value is -3.18. The van der Waals surface area contributed by atoms with Gasteiger partial charge in [0.15, 0.2) is 0 Å². The molecule has 0 amide bonds. The molecule has 0 atom stereocenters. The van der Waals surface area contributed by atoms with E-state index in [1.807, 2.05) is 6.92 Å². The molecule has 0 aliphatic carbocycles. The Bertz CT molecular complexity index is 1350. The summed E-state index contributed by atoms with van der Waals surface area (Å²) < 4.78 is 99.8. The van der Waals surface area contributed by atoms with E-state index >= 15 is 0 Å². The molecule has 5 rings (SSSR count). The average molecular weight is 555 g/mol.